The molecule has 0 spiro atoms. The minimum atomic E-state index is -0.0839. The molecule has 1 aromatic rings. The predicted molar refractivity (Wildman–Crippen MR) is 39.5 cm³/mol. The summed E-state index contributed by atoms with van der Waals surface area (Å²) in [5.41, 5.74) is 0. The number of rotatable bonds is 0. The molecule has 0 aliphatic rings. The Balaban J connectivity index is 3.29. The highest BCUT2D eigenvalue weighted by molar-refractivity contribution is 9.13. The largest absolute Gasteiger partial charge is 0.494 e. The number of aromatic amines is 1. The van der Waals surface area contributed by atoms with E-state index >= 15 is 0 Å². The van der Waals surface area contributed by atoms with Crippen molar-refractivity contribution in [2.75, 3.05) is 0 Å². The third-order valence-electron chi connectivity index (χ3n) is 0.845. The van der Waals surface area contributed by atoms with Crippen LogP contribution in [0.5, 0.6) is 11.8 Å². The van der Waals surface area contributed by atoms with Gasteiger partial charge >= 0.3 is 0 Å². The van der Waals surface area contributed by atoms with Gasteiger partial charge in [-0.3, -0.25) is 4.98 Å². The minimum Gasteiger partial charge on any atom is -0.494 e. The molecule has 0 saturated heterocycles. The Bertz CT molecular complexity index is 210. The maximum absolute atomic E-state index is 8.83. The lowest BCUT2D eigenvalue weighted by atomic mass is 10.6. The van der Waals surface area contributed by atoms with Gasteiger partial charge in [0.05, 0.1) is 8.95 Å². The van der Waals surface area contributed by atoms with Gasteiger partial charge in [-0.1, -0.05) is 0 Å². The molecule has 0 atom stereocenters. The number of halogens is 2. The van der Waals surface area contributed by atoms with E-state index in [-0.39, 0.29) is 11.8 Å². The zero-order chi connectivity index (χ0) is 7.02. The van der Waals surface area contributed by atoms with Gasteiger partial charge in [0.25, 0.3) is 0 Å². The van der Waals surface area contributed by atoms with E-state index < -0.39 is 0 Å². The third kappa shape index (κ3) is 1.07. The second kappa shape index (κ2) is 2.22. The molecular formula is C4H3Br2NO2. The third-order valence-corrected chi connectivity index (χ3v) is 2.92. The molecule has 3 nitrogen and oxygen atoms in total. The van der Waals surface area contributed by atoms with Crippen LogP contribution >= 0.6 is 31.9 Å². The number of aromatic hydroxyl groups is 2. The van der Waals surface area contributed by atoms with Crippen molar-refractivity contribution in [3.05, 3.63) is 8.95 Å². The molecule has 0 bridgehead atoms. The summed E-state index contributed by atoms with van der Waals surface area (Å²) in [5.74, 6) is -0.168. The Morgan fingerprint density at radius 1 is 1.00 bits per heavy atom. The topological polar surface area (TPSA) is 56.2 Å². The minimum absolute atomic E-state index is 0.0839. The highest BCUT2D eigenvalue weighted by Gasteiger charge is 2.10. The molecule has 9 heavy (non-hydrogen) atoms. The first-order valence-electron chi connectivity index (χ1n) is 2.08. The molecule has 0 aliphatic carbocycles. The quantitative estimate of drug-likeness (QED) is 0.665. The Labute approximate surface area is 68.0 Å². The van der Waals surface area contributed by atoms with Crippen LogP contribution in [0.2, 0.25) is 0 Å². The molecular weight excluding hydrogens is 254 g/mol. The van der Waals surface area contributed by atoms with Crippen molar-refractivity contribution in [2.45, 2.75) is 0 Å². The molecule has 0 amide bonds. The van der Waals surface area contributed by atoms with Crippen molar-refractivity contribution in [1.82, 2.24) is 4.98 Å². The van der Waals surface area contributed by atoms with E-state index in [1.807, 2.05) is 0 Å². The Morgan fingerprint density at radius 3 is 1.44 bits per heavy atom. The average molecular weight is 257 g/mol. The van der Waals surface area contributed by atoms with E-state index in [1.54, 1.807) is 0 Å². The lowest BCUT2D eigenvalue weighted by Crippen LogP contribution is -1.59. The normalized spacial score (nSPS) is 10.0. The summed E-state index contributed by atoms with van der Waals surface area (Å²) in [6.07, 6.45) is 0. The van der Waals surface area contributed by atoms with Crippen LogP contribution in [0, 0.1) is 0 Å². The first-order chi connectivity index (χ1) is 4.13. The molecule has 0 aromatic carbocycles. The Kier molecular flexibility index (Phi) is 1.72. The van der Waals surface area contributed by atoms with Crippen LogP contribution in [0.3, 0.4) is 0 Å². The van der Waals surface area contributed by atoms with E-state index in [2.05, 4.69) is 36.8 Å². The maximum Gasteiger partial charge on any atom is 0.207 e. The van der Waals surface area contributed by atoms with Gasteiger partial charge in [0.2, 0.25) is 11.8 Å². The van der Waals surface area contributed by atoms with Crippen molar-refractivity contribution in [1.29, 1.82) is 0 Å². The van der Waals surface area contributed by atoms with Crippen molar-refractivity contribution < 1.29 is 10.2 Å². The maximum atomic E-state index is 8.83. The Hall–Kier alpha value is -0.160. The van der Waals surface area contributed by atoms with E-state index in [0.29, 0.717) is 8.95 Å². The van der Waals surface area contributed by atoms with Gasteiger partial charge in [0, 0.05) is 0 Å². The predicted octanol–water partition coefficient (Wildman–Crippen LogP) is 1.95. The number of nitrogens with one attached hydrogen (secondary N) is 1. The van der Waals surface area contributed by atoms with Crippen molar-refractivity contribution in [2.24, 2.45) is 0 Å². The van der Waals surface area contributed by atoms with Gasteiger partial charge in [-0.2, -0.15) is 0 Å². The van der Waals surface area contributed by atoms with Gasteiger partial charge in [-0.05, 0) is 31.9 Å². The summed E-state index contributed by atoms with van der Waals surface area (Å²) in [5, 5.41) is 17.7. The molecule has 1 rings (SSSR count). The van der Waals surface area contributed by atoms with E-state index in [1.165, 1.54) is 0 Å². The highest BCUT2D eigenvalue weighted by Crippen LogP contribution is 2.37. The fourth-order valence-corrected chi connectivity index (χ4v) is 1.00. The van der Waals surface area contributed by atoms with E-state index in [9.17, 15) is 0 Å². The van der Waals surface area contributed by atoms with Gasteiger partial charge in [-0.15, -0.1) is 0 Å². The molecule has 1 heterocycles. The lowest BCUT2D eigenvalue weighted by Gasteiger charge is -1.81. The SMILES string of the molecule is Oc1[nH]c(O)c(Br)c1Br. The molecule has 0 unspecified atom stereocenters. The number of hydrogen-bond donors (Lipinski definition) is 3. The van der Waals surface area contributed by atoms with Crippen LogP contribution in [0.4, 0.5) is 0 Å². The first-order valence-corrected chi connectivity index (χ1v) is 3.66. The van der Waals surface area contributed by atoms with Crippen LogP contribution in [0.15, 0.2) is 8.95 Å². The molecule has 1 aromatic heterocycles. The summed E-state index contributed by atoms with van der Waals surface area (Å²) in [6.45, 7) is 0. The van der Waals surface area contributed by atoms with Crippen molar-refractivity contribution in [3.63, 3.8) is 0 Å². The van der Waals surface area contributed by atoms with Crippen LogP contribution in [0.1, 0.15) is 0 Å². The molecule has 0 aliphatic heterocycles. The standard InChI is InChI=1S/C4H3Br2NO2/c5-1-2(6)4(9)7-3(1)8/h7-9H. The average Bonchev–Trinajstić information content (AvgIpc) is 1.98. The number of hydrogen-bond acceptors (Lipinski definition) is 2. The second-order valence-electron chi connectivity index (χ2n) is 1.45. The van der Waals surface area contributed by atoms with Gasteiger partial charge in [0.1, 0.15) is 0 Å². The van der Waals surface area contributed by atoms with Crippen LogP contribution in [0.25, 0.3) is 0 Å². The first kappa shape index (κ1) is 6.95. The molecule has 50 valence electrons. The molecule has 0 saturated carbocycles. The summed E-state index contributed by atoms with van der Waals surface area (Å²) in [6, 6.07) is 0. The fourth-order valence-electron chi connectivity index (χ4n) is 0.430. The molecule has 3 N–H and O–H groups in total. The van der Waals surface area contributed by atoms with Crippen LogP contribution in [-0.4, -0.2) is 15.2 Å². The number of H-pyrrole nitrogens is 1. The summed E-state index contributed by atoms with van der Waals surface area (Å²) in [4.78, 5) is 2.29. The highest BCUT2D eigenvalue weighted by atomic mass is 79.9. The van der Waals surface area contributed by atoms with E-state index in [0.717, 1.165) is 0 Å². The van der Waals surface area contributed by atoms with Gasteiger partial charge < -0.3 is 10.2 Å². The van der Waals surface area contributed by atoms with Crippen molar-refractivity contribution >= 4 is 31.9 Å². The Morgan fingerprint density at radius 2 is 1.33 bits per heavy atom. The van der Waals surface area contributed by atoms with Crippen LogP contribution < -0.4 is 0 Å². The monoisotopic (exact) mass is 255 g/mol. The summed E-state index contributed by atoms with van der Waals surface area (Å²) < 4.78 is 0.861. The zero-order valence-corrected chi connectivity index (χ0v) is 7.32. The van der Waals surface area contributed by atoms with Crippen LogP contribution in [-0.2, 0) is 0 Å². The molecule has 0 fully saturated rings. The van der Waals surface area contributed by atoms with E-state index in [4.69, 9.17) is 10.2 Å². The summed E-state index contributed by atoms with van der Waals surface area (Å²) >= 11 is 6.02. The summed E-state index contributed by atoms with van der Waals surface area (Å²) in [7, 11) is 0. The molecule has 5 heteroatoms. The van der Waals surface area contributed by atoms with Gasteiger partial charge in [-0.25, -0.2) is 0 Å². The lowest BCUT2D eigenvalue weighted by molar-refractivity contribution is 0.423. The van der Waals surface area contributed by atoms with Crippen molar-refractivity contribution in [3.8, 4) is 11.8 Å². The second-order valence-corrected chi connectivity index (χ2v) is 3.04. The molecule has 0 radical (unpaired) electrons. The zero-order valence-electron chi connectivity index (χ0n) is 4.15. The smallest absolute Gasteiger partial charge is 0.207 e. The fraction of sp³-hybridized carbons (Fsp3) is 0. The number of aromatic nitrogens is 1. The van der Waals surface area contributed by atoms with Gasteiger partial charge in [0.15, 0.2) is 0 Å².